The van der Waals surface area contributed by atoms with Gasteiger partial charge in [0.15, 0.2) is 0 Å². The highest BCUT2D eigenvalue weighted by Gasteiger charge is 2.66. The Balaban J connectivity index is 5.50. The second kappa shape index (κ2) is 1.96. The molecule has 0 spiro atoms. The van der Waals surface area contributed by atoms with E-state index >= 15 is 0 Å². The molecule has 0 saturated heterocycles. The Hall–Kier alpha value is -0.620. The molecule has 0 bridgehead atoms. The Morgan fingerprint density at radius 2 is 0.733 bits per heavy atom. The zero-order valence-corrected chi connectivity index (χ0v) is 7.62. The van der Waals surface area contributed by atoms with Gasteiger partial charge in [-0.05, 0) is 0 Å². The van der Waals surface area contributed by atoms with Crippen LogP contribution >= 0.6 is 20.8 Å². The van der Waals surface area contributed by atoms with E-state index in [2.05, 4.69) is 0 Å². The van der Waals surface area contributed by atoms with Gasteiger partial charge in [0.2, 0.25) is 0 Å². The Bertz CT molecular complexity index is 309. The molecule has 0 saturated carbocycles. The third-order valence-electron chi connectivity index (χ3n) is 0.427. The Labute approximate surface area is 75.4 Å². The quantitative estimate of drug-likeness (QED) is 0.468. The lowest BCUT2D eigenvalue weighted by molar-refractivity contribution is 0.367. The van der Waals surface area contributed by atoms with Crippen LogP contribution in [0.3, 0.4) is 0 Å². The molecule has 15 heavy (non-hydrogen) atoms. The molecule has 0 N–H and O–H groups in total. The van der Waals surface area contributed by atoms with Crippen molar-refractivity contribution in [1.82, 2.24) is 0 Å². The van der Waals surface area contributed by atoms with Crippen LogP contribution in [0.2, 0.25) is 0 Å². The van der Waals surface area contributed by atoms with E-state index in [0.717, 1.165) is 0 Å². The summed E-state index contributed by atoms with van der Waals surface area (Å²) in [5, 5.41) is 0. The van der Waals surface area contributed by atoms with Gasteiger partial charge in [0, 0.05) is 0 Å². The van der Waals surface area contributed by atoms with Crippen molar-refractivity contribution in [1.29, 1.82) is 0 Å². The van der Waals surface area contributed by atoms with E-state index in [4.69, 9.17) is 0 Å². The van der Waals surface area contributed by atoms with Crippen LogP contribution in [0.15, 0.2) is 8.80 Å². The first-order valence-corrected chi connectivity index (χ1v) is 6.17. The van der Waals surface area contributed by atoms with Gasteiger partial charge in [-0.3, -0.25) is 0 Å². The highest BCUT2D eigenvalue weighted by Crippen LogP contribution is 3.00. The maximum absolute atomic E-state index is 11.2. The van der Waals surface area contributed by atoms with Gasteiger partial charge in [-0.1, -0.05) is 47.7 Å². The molecule has 0 atom stereocenters. The molecule has 0 aliphatic carbocycles. The van der Waals surface area contributed by atoms with Crippen molar-refractivity contribution in [2.75, 3.05) is 0 Å². The fourth-order valence-electron chi connectivity index (χ4n) is 0.171. The van der Waals surface area contributed by atoms with Crippen LogP contribution in [-0.4, -0.2) is 6.01 Å². The van der Waals surface area contributed by atoms with Crippen molar-refractivity contribution in [3.63, 3.8) is 0 Å². The number of halogens is 10. The topological polar surface area (TPSA) is 24.7 Å². The molecule has 0 unspecified atom stereocenters. The molecule has 0 fully saturated rings. The summed E-state index contributed by atoms with van der Waals surface area (Å²) < 4.78 is 112. The summed E-state index contributed by atoms with van der Waals surface area (Å²) in [7, 11) is -21.2. The highest BCUT2D eigenvalue weighted by molar-refractivity contribution is 8.45. The SMILES string of the molecule is FS(F)(F)(F)(F)N=C=NS(F)(F)(F)(F)F. The van der Waals surface area contributed by atoms with Gasteiger partial charge >= 0.3 is 20.8 Å². The van der Waals surface area contributed by atoms with E-state index in [1.54, 1.807) is 0 Å². The molecule has 0 rings (SSSR count). The number of nitrogens with zero attached hydrogens (tertiary/aromatic N) is 2. The normalized spacial score (nSPS) is 22.5. The van der Waals surface area contributed by atoms with E-state index in [1.165, 1.54) is 0 Å². The second-order valence-corrected chi connectivity index (χ2v) is 6.22. The van der Waals surface area contributed by atoms with Crippen molar-refractivity contribution in [2.45, 2.75) is 0 Å². The van der Waals surface area contributed by atoms with Crippen LogP contribution < -0.4 is 0 Å². The first-order chi connectivity index (χ1) is 5.66. The van der Waals surface area contributed by atoms with Gasteiger partial charge in [0.05, 0.1) is 0 Å². The van der Waals surface area contributed by atoms with Crippen LogP contribution in [-0.2, 0) is 0 Å². The lowest BCUT2D eigenvalue weighted by Gasteiger charge is -2.34. The minimum absolute atomic E-state index is 0.0937. The molecular formula is CF10N2S2. The van der Waals surface area contributed by atoms with Gasteiger partial charge < -0.3 is 0 Å². The molecule has 0 aliphatic heterocycles. The Morgan fingerprint density at radius 1 is 0.533 bits per heavy atom. The smallest absolute Gasteiger partial charge is 0.0788 e. The first kappa shape index (κ1) is 14.4. The molecule has 2 nitrogen and oxygen atoms in total. The summed E-state index contributed by atoms with van der Waals surface area (Å²) in [5.41, 5.74) is 0. The lowest BCUT2D eigenvalue weighted by atomic mass is 11.6. The summed E-state index contributed by atoms with van der Waals surface area (Å²) in [4.78, 5) is 0. The third kappa shape index (κ3) is 13.4. The molecular weight excluding hydrogens is 294 g/mol. The highest BCUT2D eigenvalue weighted by atomic mass is 32.5. The predicted octanol–water partition coefficient (Wildman–Crippen LogP) is 5.59. The monoisotopic (exact) mass is 294 g/mol. The summed E-state index contributed by atoms with van der Waals surface area (Å²) in [5.74, 6) is 0. The number of hydrogen-bond donors (Lipinski definition) is 0. The average molecular weight is 294 g/mol. The zero-order valence-electron chi connectivity index (χ0n) is 5.99. The Kier molecular flexibility index (Phi) is 1.88. The largest absolute Gasteiger partial charge is 0.390 e. The molecule has 0 aromatic rings. The predicted molar refractivity (Wildman–Crippen MR) is 36.1 cm³/mol. The second-order valence-electron chi connectivity index (χ2n) is 2.14. The van der Waals surface area contributed by atoms with Crippen LogP contribution in [0.1, 0.15) is 0 Å². The van der Waals surface area contributed by atoms with Crippen molar-refractivity contribution < 1.29 is 38.9 Å². The van der Waals surface area contributed by atoms with E-state index in [1.807, 2.05) is 0 Å². The van der Waals surface area contributed by atoms with Crippen LogP contribution in [0.4, 0.5) is 38.9 Å². The lowest BCUT2D eigenvalue weighted by Crippen LogP contribution is -2.01. The van der Waals surface area contributed by atoms with Gasteiger partial charge in [-0.2, -0.15) is 0 Å². The van der Waals surface area contributed by atoms with Crippen LogP contribution in [0.5, 0.6) is 0 Å². The summed E-state index contributed by atoms with van der Waals surface area (Å²) in [6, 6.07) is -0.768. The first-order valence-electron chi connectivity index (χ1n) is 2.36. The summed E-state index contributed by atoms with van der Waals surface area (Å²) in [6.45, 7) is 0. The van der Waals surface area contributed by atoms with Gasteiger partial charge in [-0.25, -0.2) is 0 Å². The summed E-state index contributed by atoms with van der Waals surface area (Å²) >= 11 is 0. The average Bonchev–Trinajstić information content (AvgIpc) is 1.44. The molecule has 0 amide bonds. The van der Waals surface area contributed by atoms with Gasteiger partial charge in [-0.15, -0.1) is 0 Å². The van der Waals surface area contributed by atoms with Gasteiger partial charge in [0.1, 0.15) is 6.01 Å². The molecule has 0 aromatic heterocycles. The van der Waals surface area contributed by atoms with Crippen LogP contribution in [0.25, 0.3) is 0 Å². The van der Waals surface area contributed by atoms with E-state index in [-0.39, 0.29) is 8.80 Å². The molecule has 14 heteroatoms. The third-order valence-corrected chi connectivity index (χ3v) is 1.28. The van der Waals surface area contributed by atoms with Crippen molar-refractivity contribution >= 4 is 26.8 Å². The molecule has 0 heterocycles. The van der Waals surface area contributed by atoms with E-state index in [9.17, 15) is 38.9 Å². The fraction of sp³-hybridized carbons (Fsp3) is 0. The standard InChI is InChI=1S/CF10N2S2/c2-14(3,4,5,6)12-1-13-15(7,8,9,10)11. The van der Waals surface area contributed by atoms with Crippen molar-refractivity contribution in [3.05, 3.63) is 0 Å². The maximum Gasteiger partial charge on any atom is 0.390 e. The minimum Gasteiger partial charge on any atom is -0.0788 e. The number of rotatable bonds is 2. The minimum atomic E-state index is -10.6. The summed E-state index contributed by atoms with van der Waals surface area (Å²) in [6.07, 6.45) is 0. The zero-order chi connectivity index (χ0) is 12.9. The molecule has 96 valence electrons. The van der Waals surface area contributed by atoms with E-state index in [0.29, 0.717) is 0 Å². The molecule has 0 aliphatic rings. The number of hydrogen-bond acceptors (Lipinski definition) is 2. The maximum atomic E-state index is 11.2. The Morgan fingerprint density at radius 3 is 0.867 bits per heavy atom. The van der Waals surface area contributed by atoms with Crippen LogP contribution in [0, 0.1) is 0 Å². The molecule has 0 radical (unpaired) electrons. The fourth-order valence-corrected chi connectivity index (χ4v) is 0.613. The van der Waals surface area contributed by atoms with Crippen molar-refractivity contribution in [2.24, 2.45) is 8.80 Å². The van der Waals surface area contributed by atoms with Gasteiger partial charge in [0.25, 0.3) is 0 Å². The van der Waals surface area contributed by atoms with E-state index < -0.39 is 26.8 Å². The molecule has 0 aromatic carbocycles. The van der Waals surface area contributed by atoms with Crippen molar-refractivity contribution in [3.8, 4) is 0 Å².